The number of nitriles is 1. The Labute approximate surface area is 213 Å². The summed E-state index contributed by atoms with van der Waals surface area (Å²) >= 11 is 5.61. The van der Waals surface area contributed by atoms with Crippen molar-refractivity contribution in [2.24, 2.45) is 0 Å². The first-order valence-electron chi connectivity index (χ1n) is 13.4. The van der Waals surface area contributed by atoms with Crippen LogP contribution in [0.2, 0.25) is 0 Å². The van der Waals surface area contributed by atoms with Crippen LogP contribution in [0, 0.1) is 11.3 Å². The van der Waals surface area contributed by atoms with Gasteiger partial charge in [-0.2, -0.15) is 5.26 Å². The molecular formula is C28H46N4OS. The lowest BCUT2D eigenvalue weighted by atomic mass is 9.92. The van der Waals surface area contributed by atoms with Gasteiger partial charge in [-0.3, -0.25) is 0 Å². The topological polar surface area (TPSA) is 51.5 Å². The van der Waals surface area contributed by atoms with Crippen molar-refractivity contribution in [1.82, 2.24) is 9.80 Å². The molecule has 1 aromatic rings. The Morgan fingerprint density at radius 2 is 1.59 bits per heavy atom. The molecule has 5 nitrogen and oxygen atoms in total. The van der Waals surface area contributed by atoms with Gasteiger partial charge in [0, 0.05) is 25.4 Å². The van der Waals surface area contributed by atoms with Crippen LogP contribution in [0.25, 0.3) is 0 Å². The highest BCUT2D eigenvalue weighted by Gasteiger charge is 2.25. The Balaban J connectivity index is 1.50. The molecule has 1 saturated carbocycles. The number of hydrogen-bond donors (Lipinski definition) is 1. The van der Waals surface area contributed by atoms with Gasteiger partial charge < -0.3 is 19.9 Å². The van der Waals surface area contributed by atoms with Crippen LogP contribution in [0.1, 0.15) is 89.5 Å². The summed E-state index contributed by atoms with van der Waals surface area (Å²) in [6.07, 6.45) is 15.3. The normalized spacial score (nSPS) is 18.0. The summed E-state index contributed by atoms with van der Waals surface area (Å²) < 4.78 is 6.19. The summed E-state index contributed by atoms with van der Waals surface area (Å²) in [5, 5.41) is 13.0. The zero-order chi connectivity index (χ0) is 24.6. The van der Waals surface area contributed by atoms with Gasteiger partial charge in [-0.15, -0.1) is 0 Å². The number of benzene rings is 1. The van der Waals surface area contributed by atoms with Crippen LogP contribution in [0.5, 0.6) is 0 Å². The van der Waals surface area contributed by atoms with Crippen molar-refractivity contribution in [3.05, 3.63) is 29.8 Å². The first kappa shape index (κ1) is 28.6. The van der Waals surface area contributed by atoms with Crippen molar-refractivity contribution in [2.45, 2.75) is 96.1 Å². The number of unbranched alkanes of at least 4 members (excludes halogenated alkanes) is 6. The van der Waals surface area contributed by atoms with E-state index in [4.69, 9.17) is 22.2 Å². The lowest BCUT2D eigenvalue weighted by Crippen LogP contribution is -2.42. The quantitative estimate of drug-likeness (QED) is 0.223. The third-order valence-corrected chi connectivity index (χ3v) is 7.35. The van der Waals surface area contributed by atoms with Crippen molar-refractivity contribution in [3.63, 3.8) is 0 Å². The maximum Gasteiger partial charge on any atom is 0.173 e. The fourth-order valence-electron chi connectivity index (χ4n) is 4.61. The van der Waals surface area contributed by atoms with Crippen LogP contribution < -0.4 is 5.32 Å². The molecule has 190 valence electrons. The van der Waals surface area contributed by atoms with E-state index >= 15 is 0 Å². The van der Waals surface area contributed by atoms with Crippen LogP contribution in [-0.2, 0) is 4.74 Å². The molecule has 6 heteroatoms. The molecule has 0 saturated heterocycles. The summed E-state index contributed by atoms with van der Waals surface area (Å²) in [5.74, 6) is 0. The Morgan fingerprint density at radius 1 is 0.971 bits per heavy atom. The zero-order valence-electron chi connectivity index (χ0n) is 21.7. The highest BCUT2D eigenvalue weighted by Crippen LogP contribution is 2.25. The molecule has 0 heterocycles. The van der Waals surface area contributed by atoms with Crippen molar-refractivity contribution in [3.8, 4) is 6.07 Å². The first-order valence-corrected chi connectivity index (χ1v) is 13.8. The third kappa shape index (κ3) is 11.2. The van der Waals surface area contributed by atoms with Crippen LogP contribution in [0.15, 0.2) is 24.3 Å². The molecule has 1 aromatic carbocycles. The van der Waals surface area contributed by atoms with Crippen molar-refractivity contribution in [2.75, 3.05) is 39.1 Å². The number of nitrogens with one attached hydrogen (secondary N) is 1. The number of nitrogens with zero attached hydrogens (tertiary/aromatic N) is 3. The fourth-order valence-corrected chi connectivity index (χ4v) is 4.88. The van der Waals surface area contributed by atoms with Crippen LogP contribution in [0.3, 0.4) is 0 Å². The fraction of sp³-hybridized carbons (Fsp3) is 0.714. The van der Waals surface area contributed by atoms with Crippen molar-refractivity contribution < 1.29 is 4.74 Å². The Bertz CT molecular complexity index is 725. The molecule has 0 atom stereocenters. The molecule has 0 bridgehead atoms. The molecule has 0 amide bonds. The smallest absolute Gasteiger partial charge is 0.173 e. The van der Waals surface area contributed by atoms with E-state index in [0.717, 1.165) is 43.1 Å². The Kier molecular flexibility index (Phi) is 14.2. The average molecular weight is 487 g/mol. The average Bonchev–Trinajstić information content (AvgIpc) is 2.86. The molecule has 1 aliphatic carbocycles. The summed E-state index contributed by atoms with van der Waals surface area (Å²) in [4.78, 5) is 4.67. The highest BCUT2D eigenvalue weighted by molar-refractivity contribution is 7.80. The molecule has 2 rings (SSSR count). The zero-order valence-corrected chi connectivity index (χ0v) is 22.5. The largest absolute Gasteiger partial charge is 0.378 e. The van der Waals surface area contributed by atoms with Gasteiger partial charge >= 0.3 is 0 Å². The number of ether oxygens (including phenoxy) is 1. The van der Waals surface area contributed by atoms with Gasteiger partial charge in [0.2, 0.25) is 0 Å². The van der Waals surface area contributed by atoms with Gasteiger partial charge in [-0.25, -0.2) is 0 Å². The van der Waals surface area contributed by atoms with E-state index in [2.05, 4.69) is 42.2 Å². The van der Waals surface area contributed by atoms with Crippen LogP contribution >= 0.6 is 12.2 Å². The van der Waals surface area contributed by atoms with E-state index in [-0.39, 0.29) is 0 Å². The maximum absolute atomic E-state index is 8.93. The number of anilines is 1. The molecule has 0 radical (unpaired) electrons. The monoisotopic (exact) mass is 486 g/mol. The van der Waals surface area contributed by atoms with Crippen molar-refractivity contribution >= 4 is 23.0 Å². The summed E-state index contributed by atoms with van der Waals surface area (Å²) in [5.41, 5.74) is 1.58. The lowest BCUT2D eigenvalue weighted by Gasteiger charge is -2.36. The molecule has 0 spiro atoms. The van der Waals surface area contributed by atoms with E-state index in [1.54, 1.807) is 0 Å². The number of thiocarbonyl (C=S) groups is 1. The van der Waals surface area contributed by atoms with Gasteiger partial charge in [-0.05, 0) is 102 Å². The predicted octanol–water partition coefficient (Wildman–Crippen LogP) is 6.59. The summed E-state index contributed by atoms with van der Waals surface area (Å²) in [6, 6.07) is 10.0. The SMILES string of the molecule is CCCCCN(C)CCCCCCCOC1CCC(N(C)C(=S)Nc2ccc(C#N)cc2)CC1. The molecule has 34 heavy (non-hydrogen) atoms. The minimum atomic E-state index is 0.404. The first-order chi connectivity index (χ1) is 16.5. The van der Waals surface area contributed by atoms with Gasteiger partial charge in [0.1, 0.15) is 0 Å². The Morgan fingerprint density at radius 3 is 2.24 bits per heavy atom. The van der Waals surface area contributed by atoms with E-state index in [9.17, 15) is 0 Å². The number of hydrogen-bond acceptors (Lipinski definition) is 4. The number of rotatable bonds is 15. The molecule has 0 aromatic heterocycles. The van der Waals surface area contributed by atoms with Crippen molar-refractivity contribution in [1.29, 1.82) is 5.26 Å². The van der Waals surface area contributed by atoms with Crippen LogP contribution in [-0.4, -0.2) is 60.8 Å². The standard InChI is InChI=1S/C28H46N4OS/c1-4-5-9-20-31(2)21-10-7-6-8-11-22-33-27-18-16-26(17-19-27)32(3)28(34)30-25-14-12-24(23-29)13-15-25/h12-15,26-27H,4-11,16-22H2,1-3H3,(H,30,34). The van der Waals surface area contributed by atoms with E-state index in [1.807, 2.05) is 24.3 Å². The molecule has 1 aliphatic rings. The molecule has 1 fully saturated rings. The summed E-state index contributed by atoms with van der Waals surface area (Å²) in [7, 11) is 4.34. The molecule has 0 aliphatic heterocycles. The van der Waals surface area contributed by atoms with E-state index < -0.39 is 0 Å². The van der Waals surface area contributed by atoms with E-state index in [0.29, 0.717) is 17.7 Å². The van der Waals surface area contributed by atoms with Gasteiger partial charge in [0.05, 0.1) is 17.7 Å². The maximum atomic E-state index is 8.93. The molecular weight excluding hydrogens is 440 g/mol. The second-order valence-electron chi connectivity index (χ2n) is 9.81. The Hall–Kier alpha value is -1.68. The minimum Gasteiger partial charge on any atom is -0.378 e. The van der Waals surface area contributed by atoms with Crippen LogP contribution in [0.4, 0.5) is 5.69 Å². The van der Waals surface area contributed by atoms with Gasteiger partial charge in [-0.1, -0.05) is 39.0 Å². The minimum absolute atomic E-state index is 0.404. The lowest BCUT2D eigenvalue weighted by molar-refractivity contribution is 0.0149. The van der Waals surface area contributed by atoms with Gasteiger partial charge in [0.25, 0.3) is 0 Å². The predicted molar refractivity (Wildman–Crippen MR) is 147 cm³/mol. The van der Waals surface area contributed by atoms with E-state index in [1.165, 1.54) is 64.5 Å². The molecule has 0 unspecified atom stereocenters. The second-order valence-corrected chi connectivity index (χ2v) is 10.2. The van der Waals surface area contributed by atoms with Gasteiger partial charge in [0.15, 0.2) is 5.11 Å². The highest BCUT2D eigenvalue weighted by atomic mass is 32.1. The third-order valence-electron chi connectivity index (χ3n) is 6.96. The molecule has 1 N–H and O–H groups in total. The summed E-state index contributed by atoms with van der Waals surface area (Å²) in [6.45, 7) is 5.66. The second kappa shape index (κ2) is 16.9.